The smallest absolute Gasteiger partial charge is 0.146 e. The van der Waals surface area contributed by atoms with E-state index < -0.39 is 0 Å². The molecule has 2 nitrogen and oxygen atoms in total. The summed E-state index contributed by atoms with van der Waals surface area (Å²) in [6, 6.07) is 4.30. The predicted molar refractivity (Wildman–Crippen MR) is 88.1 cm³/mol. The molecule has 0 amide bonds. The molecule has 0 aliphatic heterocycles. The maximum absolute atomic E-state index is 13.0. The van der Waals surface area contributed by atoms with Crippen molar-refractivity contribution in [3.8, 4) is 0 Å². The lowest BCUT2D eigenvalue weighted by molar-refractivity contribution is 0.627. The van der Waals surface area contributed by atoms with Crippen LogP contribution in [0.4, 0.5) is 4.39 Å². The highest BCUT2D eigenvalue weighted by Gasteiger charge is 2.14. The van der Waals surface area contributed by atoms with E-state index in [1.807, 2.05) is 0 Å². The summed E-state index contributed by atoms with van der Waals surface area (Å²) < 4.78 is 13.9. The van der Waals surface area contributed by atoms with E-state index in [0.717, 1.165) is 14.8 Å². The zero-order valence-corrected chi connectivity index (χ0v) is 14.6. The Bertz CT molecular complexity index is 647. The zero-order valence-electron chi connectivity index (χ0n) is 10.9. The Morgan fingerprint density at radius 3 is 2.55 bits per heavy atom. The van der Waals surface area contributed by atoms with Crippen molar-refractivity contribution in [1.29, 1.82) is 0 Å². The minimum Gasteiger partial charge on any atom is -0.236 e. The molecular weight excluding hydrogens is 413 g/mol. The monoisotopic (exact) mass is 424 g/mol. The SMILES string of the molecule is CC(C)c1nc(Cc2ccc(F)cc2Cl)nc(Cl)c1I. The molecule has 0 spiro atoms. The number of hydrogen-bond acceptors (Lipinski definition) is 2. The molecule has 0 aliphatic rings. The minimum absolute atomic E-state index is 0.254. The maximum atomic E-state index is 13.0. The summed E-state index contributed by atoms with van der Waals surface area (Å²) in [6.07, 6.45) is 0.426. The Morgan fingerprint density at radius 2 is 1.95 bits per heavy atom. The van der Waals surface area contributed by atoms with Gasteiger partial charge in [0.1, 0.15) is 16.8 Å². The normalized spacial score (nSPS) is 11.2. The summed E-state index contributed by atoms with van der Waals surface area (Å²) >= 11 is 14.3. The highest BCUT2D eigenvalue weighted by atomic mass is 127. The summed E-state index contributed by atoms with van der Waals surface area (Å²) in [5.74, 6) is 0.487. The Morgan fingerprint density at radius 1 is 1.25 bits per heavy atom. The molecule has 0 bridgehead atoms. The lowest BCUT2D eigenvalue weighted by atomic mass is 10.1. The molecule has 2 rings (SSSR count). The Labute approximate surface area is 140 Å². The van der Waals surface area contributed by atoms with Gasteiger partial charge in [-0.1, -0.05) is 43.1 Å². The third-order valence-corrected chi connectivity index (χ3v) is 4.80. The van der Waals surface area contributed by atoms with Gasteiger partial charge >= 0.3 is 0 Å². The summed E-state index contributed by atoms with van der Waals surface area (Å²) in [5, 5.41) is 0.812. The average molecular weight is 425 g/mol. The Balaban J connectivity index is 2.39. The van der Waals surface area contributed by atoms with E-state index in [1.54, 1.807) is 6.07 Å². The Hall–Kier alpha value is -0.460. The van der Waals surface area contributed by atoms with Crippen molar-refractivity contribution in [3.63, 3.8) is 0 Å². The van der Waals surface area contributed by atoms with Gasteiger partial charge in [-0.3, -0.25) is 0 Å². The Kier molecular flexibility index (Phi) is 5.20. The van der Waals surface area contributed by atoms with Crippen molar-refractivity contribution in [3.05, 3.63) is 54.8 Å². The molecule has 6 heteroatoms. The first-order valence-electron chi connectivity index (χ1n) is 6.04. The number of rotatable bonds is 3. The van der Waals surface area contributed by atoms with Crippen LogP contribution in [0.1, 0.15) is 36.8 Å². The van der Waals surface area contributed by atoms with Gasteiger partial charge in [0, 0.05) is 11.4 Å². The molecule has 0 fully saturated rings. The first-order chi connectivity index (χ1) is 9.38. The van der Waals surface area contributed by atoms with Gasteiger partial charge in [-0.05, 0) is 46.2 Å². The number of aromatic nitrogens is 2. The van der Waals surface area contributed by atoms with Gasteiger partial charge in [0.2, 0.25) is 0 Å². The van der Waals surface area contributed by atoms with E-state index >= 15 is 0 Å². The van der Waals surface area contributed by atoms with Crippen LogP contribution in [-0.2, 0) is 6.42 Å². The van der Waals surface area contributed by atoms with Crippen molar-refractivity contribution in [2.24, 2.45) is 0 Å². The number of halogens is 4. The fourth-order valence-corrected chi connectivity index (χ4v) is 3.07. The molecule has 0 atom stereocenters. The molecule has 0 aliphatic carbocycles. The molecule has 0 saturated heterocycles. The third-order valence-electron chi connectivity index (χ3n) is 2.79. The van der Waals surface area contributed by atoms with Crippen molar-refractivity contribution >= 4 is 45.8 Å². The molecule has 20 heavy (non-hydrogen) atoms. The first kappa shape index (κ1) is 15.9. The van der Waals surface area contributed by atoms with E-state index in [-0.39, 0.29) is 11.7 Å². The van der Waals surface area contributed by atoms with Gasteiger partial charge in [-0.15, -0.1) is 0 Å². The lowest BCUT2D eigenvalue weighted by Gasteiger charge is -2.11. The van der Waals surface area contributed by atoms with Crippen LogP contribution in [0, 0.1) is 9.39 Å². The summed E-state index contributed by atoms with van der Waals surface area (Å²) in [5.41, 5.74) is 1.69. The van der Waals surface area contributed by atoms with E-state index in [2.05, 4.69) is 46.4 Å². The van der Waals surface area contributed by atoms with Gasteiger partial charge in [-0.25, -0.2) is 14.4 Å². The second-order valence-corrected chi connectivity index (χ2v) is 6.54. The molecule has 1 aromatic heterocycles. The van der Waals surface area contributed by atoms with Crippen molar-refractivity contribution < 1.29 is 4.39 Å². The summed E-state index contributed by atoms with van der Waals surface area (Å²) in [7, 11) is 0. The molecule has 0 N–H and O–H groups in total. The van der Waals surface area contributed by atoms with Crippen LogP contribution in [0.25, 0.3) is 0 Å². The van der Waals surface area contributed by atoms with Gasteiger partial charge in [0.05, 0.1) is 9.26 Å². The van der Waals surface area contributed by atoms with Crippen LogP contribution in [0.3, 0.4) is 0 Å². The second kappa shape index (κ2) is 6.54. The van der Waals surface area contributed by atoms with Crippen molar-refractivity contribution in [1.82, 2.24) is 9.97 Å². The average Bonchev–Trinajstić information content (AvgIpc) is 2.36. The van der Waals surface area contributed by atoms with Crippen LogP contribution in [0.2, 0.25) is 10.2 Å². The molecule has 0 radical (unpaired) electrons. The minimum atomic E-state index is -0.358. The maximum Gasteiger partial charge on any atom is 0.146 e. The standard InChI is InChI=1S/C14H12Cl2FIN2/c1-7(2)13-12(18)14(16)20-11(19-13)5-8-3-4-9(17)6-10(8)15/h3-4,6-7H,5H2,1-2H3. The fourth-order valence-electron chi connectivity index (χ4n) is 1.78. The molecule has 0 saturated carbocycles. The van der Waals surface area contributed by atoms with Crippen LogP contribution >= 0.6 is 45.8 Å². The lowest BCUT2D eigenvalue weighted by Crippen LogP contribution is -2.06. The van der Waals surface area contributed by atoms with Gasteiger partial charge in [0.15, 0.2) is 0 Å². The summed E-state index contributed by atoms with van der Waals surface area (Å²) in [6.45, 7) is 4.10. The molecule has 0 unspecified atom stereocenters. The molecule has 1 heterocycles. The van der Waals surface area contributed by atoms with Gasteiger partial charge < -0.3 is 0 Å². The van der Waals surface area contributed by atoms with Crippen LogP contribution < -0.4 is 0 Å². The van der Waals surface area contributed by atoms with E-state index in [4.69, 9.17) is 23.2 Å². The quantitative estimate of drug-likeness (QED) is 0.497. The van der Waals surface area contributed by atoms with Crippen LogP contribution in [0.15, 0.2) is 18.2 Å². The van der Waals surface area contributed by atoms with E-state index in [0.29, 0.717) is 22.4 Å². The van der Waals surface area contributed by atoms with Crippen LogP contribution in [0.5, 0.6) is 0 Å². The largest absolute Gasteiger partial charge is 0.236 e. The fraction of sp³-hybridized carbons (Fsp3) is 0.286. The molecular formula is C14H12Cl2FIN2. The number of nitrogens with zero attached hydrogens (tertiary/aromatic N) is 2. The highest BCUT2D eigenvalue weighted by molar-refractivity contribution is 14.1. The number of hydrogen-bond donors (Lipinski definition) is 0. The second-order valence-electron chi connectivity index (χ2n) is 4.70. The van der Waals surface area contributed by atoms with E-state index in [9.17, 15) is 4.39 Å². The number of benzene rings is 1. The molecule has 1 aromatic carbocycles. The zero-order chi connectivity index (χ0) is 14.9. The molecule has 106 valence electrons. The van der Waals surface area contributed by atoms with E-state index in [1.165, 1.54) is 12.1 Å². The predicted octanol–water partition coefficient (Wildman–Crippen LogP) is 5.24. The van der Waals surface area contributed by atoms with Gasteiger partial charge in [0.25, 0.3) is 0 Å². The van der Waals surface area contributed by atoms with Gasteiger partial charge in [-0.2, -0.15) is 0 Å². The van der Waals surface area contributed by atoms with Crippen molar-refractivity contribution in [2.45, 2.75) is 26.2 Å². The first-order valence-corrected chi connectivity index (χ1v) is 7.87. The third kappa shape index (κ3) is 3.59. The highest BCUT2D eigenvalue weighted by Crippen LogP contribution is 2.26. The summed E-state index contributed by atoms with van der Waals surface area (Å²) in [4.78, 5) is 8.81. The van der Waals surface area contributed by atoms with Crippen LogP contribution in [-0.4, -0.2) is 9.97 Å². The van der Waals surface area contributed by atoms with Crippen molar-refractivity contribution in [2.75, 3.05) is 0 Å². The topological polar surface area (TPSA) is 25.8 Å². The molecule has 2 aromatic rings.